The lowest BCUT2D eigenvalue weighted by molar-refractivity contribution is -0.144. The van der Waals surface area contributed by atoms with E-state index in [4.69, 9.17) is 18.9 Å². The highest BCUT2D eigenvalue weighted by Gasteiger charge is 2.50. The molecule has 0 aromatic heterocycles. The van der Waals surface area contributed by atoms with Crippen molar-refractivity contribution < 1.29 is 93.6 Å². The second kappa shape index (κ2) is 49.7. The van der Waals surface area contributed by atoms with Crippen molar-refractivity contribution >= 4 is 131 Å². The molecule has 0 radical (unpaired) electrons. The zero-order valence-corrected chi connectivity index (χ0v) is 82.0. The van der Waals surface area contributed by atoms with Crippen molar-refractivity contribution in [2.75, 3.05) is 132 Å². The molecule has 7 aromatic carbocycles. The number of nitrogens with zero attached hydrogens (tertiary/aromatic N) is 6. The summed E-state index contributed by atoms with van der Waals surface area (Å²) in [4.78, 5) is 164. The molecule has 7 aliphatic heterocycles. The number of benzene rings is 7. The van der Waals surface area contributed by atoms with Gasteiger partial charge in [0.05, 0.1) is 31.2 Å². The Morgan fingerprint density at radius 3 is 1.71 bits per heavy atom. The topological polar surface area (TPSA) is 364 Å². The van der Waals surface area contributed by atoms with Crippen molar-refractivity contribution in [1.29, 1.82) is 0 Å². The standard InChI is InChI=1S/C59H73F3N10O8.C41H50F2N6O7.3ClH/c1-35-29-70(44(28-65-35)31-69-21-24-80-33-36(69)2)32-51(74)72-34-59(4,46-16-11-39(26-49(46)72)25-38-9-13-42(60)14-10-38)58(78)64-20-17-50(73)66-43-15-12-41-30-71(54(45(41)27-43)56(76)68-53-47(61)7-6-8-48(53)62)57(77)52(40-18-22-79-23-19-40)67-55(75)37(3)63-5;1-25(48(5)40(54)56-41(2,3)4)37(51)46-34(27-17-20-55-21-18-27)39(53)49-24-28-22-29(45-33(50)16-19-44-23-26-10-7-6-8-11-26)14-15-30(28)36(49)38(52)47-35-31(42)12-9-13-32(35)43;;;/h6-16,26-27,35-37,40,44,52,54,63,65H,17-25,28-34H2,1-5H3,(H,64,78)(H,66,73)(H,67,75)(H,68,76);6-15,22,25,27,34,36,44H,16-21,23-24H2,1-5H3,(H,45,50)(H,46,51)(H,47,52);3*1H/t35-,36?,37?,44-,52?,54?,59?;25-,34-,36-;;;/m10.../s1. The summed E-state index contributed by atoms with van der Waals surface area (Å²) in [7, 11) is 3.03. The predicted molar refractivity (Wildman–Crippen MR) is 522 cm³/mol. The molecule has 14 rings (SSSR count). The van der Waals surface area contributed by atoms with Crippen LogP contribution >= 0.6 is 37.2 Å². The third kappa shape index (κ3) is 27.7. The second-order valence-electron chi connectivity index (χ2n) is 37.2. The number of fused-ring (bicyclic) bond motifs is 3. The Morgan fingerprint density at radius 2 is 1.14 bits per heavy atom. The molecule has 39 heteroatoms. The van der Waals surface area contributed by atoms with E-state index < -0.39 is 135 Å². The van der Waals surface area contributed by atoms with E-state index in [1.54, 1.807) is 89.0 Å². The molecule has 0 aliphatic carbocycles. The molecule has 0 bridgehead atoms. The number of hydrogen-bond donors (Lipinski definition) is 10. The molecule has 7 aliphatic rings. The number of morpholine rings is 1. The van der Waals surface area contributed by atoms with Gasteiger partial charge < -0.3 is 86.8 Å². The average Bonchev–Trinajstić information content (AvgIpc) is 1.58. The van der Waals surface area contributed by atoms with Crippen LogP contribution in [0.2, 0.25) is 0 Å². The van der Waals surface area contributed by atoms with Crippen molar-refractivity contribution in [3.05, 3.63) is 219 Å². The highest BCUT2D eigenvalue weighted by Crippen LogP contribution is 2.45. The first-order valence-electron chi connectivity index (χ1n) is 46.4. The maximum absolute atomic E-state index is 15.0. The Labute approximate surface area is 824 Å². The Hall–Kier alpha value is -11.3. The van der Waals surface area contributed by atoms with Gasteiger partial charge in [-0.3, -0.25) is 62.6 Å². The number of halogens is 8. The van der Waals surface area contributed by atoms with Crippen LogP contribution in [0.25, 0.3) is 0 Å². The number of carbonyl (C=O) groups excluding carboxylic acids is 11. The lowest BCUT2D eigenvalue weighted by atomic mass is 9.83. The normalized spacial score (nSPS) is 20.0. The summed E-state index contributed by atoms with van der Waals surface area (Å²) in [6.45, 7) is 20.9. The summed E-state index contributed by atoms with van der Waals surface area (Å²) in [5, 5.41) is 28.8. The molecule has 10 N–H and O–H groups in total. The lowest BCUT2D eigenvalue weighted by Gasteiger charge is -2.43. The summed E-state index contributed by atoms with van der Waals surface area (Å²) in [5.74, 6) is -10.5. The number of anilines is 5. The minimum absolute atomic E-state index is 0. The van der Waals surface area contributed by atoms with Gasteiger partial charge in [0.25, 0.3) is 11.8 Å². The minimum atomic E-state index is -1.44. The molecule has 752 valence electrons. The first kappa shape index (κ1) is 110. The second-order valence-corrected chi connectivity index (χ2v) is 37.2. The van der Waals surface area contributed by atoms with E-state index in [2.05, 4.69) is 76.8 Å². The molecular formula is C100H126Cl3F5N16O15. The molecule has 10 atom stereocenters. The predicted octanol–water partition coefficient (Wildman–Crippen LogP) is 10.9. The number of piperazine rings is 1. The number of hydrogen-bond acceptors (Lipinski definition) is 20. The smallest absolute Gasteiger partial charge is 0.410 e. The van der Waals surface area contributed by atoms with E-state index in [0.717, 1.165) is 65.0 Å². The summed E-state index contributed by atoms with van der Waals surface area (Å²) in [5.41, 5.74) is 3.12. The van der Waals surface area contributed by atoms with Crippen molar-refractivity contribution in [3.8, 4) is 0 Å². The van der Waals surface area contributed by atoms with Gasteiger partial charge in [-0.05, 0) is 218 Å². The quantitative estimate of drug-likeness (QED) is 0.0143. The van der Waals surface area contributed by atoms with Crippen LogP contribution in [-0.2, 0) is 98.4 Å². The summed E-state index contributed by atoms with van der Waals surface area (Å²) in [6.07, 6.45) is 1.50. The van der Waals surface area contributed by atoms with Crippen LogP contribution in [0, 0.1) is 40.9 Å². The van der Waals surface area contributed by atoms with Gasteiger partial charge in [-0.2, -0.15) is 0 Å². The van der Waals surface area contributed by atoms with Gasteiger partial charge in [0.2, 0.25) is 47.3 Å². The number of ether oxygens (including phenoxy) is 4. The molecule has 4 fully saturated rings. The van der Waals surface area contributed by atoms with E-state index in [9.17, 15) is 65.9 Å². The summed E-state index contributed by atoms with van der Waals surface area (Å²) in [6, 6.07) is 31.5. The highest BCUT2D eigenvalue weighted by atomic mass is 35.5. The summed E-state index contributed by atoms with van der Waals surface area (Å²) < 4.78 is 95.6. The van der Waals surface area contributed by atoms with Crippen LogP contribution in [0.3, 0.4) is 0 Å². The molecule has 5 unspecified atom stereocenters. The van der Waals surface area contributed by atoms with Crippen molar-refractivity contribution in [3.63, 3.8) is 0 Å². The van der Waals surface area contributed by atoms with Gasteiger partial charge in [-0.25, -0.2) is 26.7 Å². The van der Waals surface area contributed by atoms with Crippen LogP contribution in [-0.4, -0.2) is 244 Å². The number of amides is 11. The Morgan fingerprint density at radius 1 is 0.590 bits per heavy atom. The van der Waals surface area contributed by atoms with E-state index in [-0.39, 0.29) is 136 Å². The largest absolute Gasteiger partial charge is 0.444 e. The molecule has 0 spiro atoms. The van der Waals surface area contributed by atoms with Gasteiger partial charge in [0.15, 0.2) is 0 Å². The fourth-order valence-corrected chi connectivity index (χ4v) is 18.3. The maximum atomic E-state index is 15.0. The maximum Gasteiger partial charge on any atom is 0.410 e. The van der Waals surface area contributed by atoms with Crippen molar-refractivity contribution in [2.45, 2.75) is 185 Å². The van der Waals surface area contributed by atoms with Gasteiger partial charge in [0.1, 0.15) is 76.3 Å². The first-order chi connectivity index (χ1) is 65.0. The van der Waals surface area contributed by atoms with Gasteiger partial charge in [0, 0.05) is 147 Å². The van der Waals surface area contributed by atoms with Gasteiger partial charge in [-0.1, -0.05) is 78.9 Å². The van der Waals surface area contributed by atoms with Crippen LogP contribution in [0.4, 0.5) is 55.2 Å². The number of carbonyl (C=O) groups is 11. The average molecular weight is 1990 g/mol. The molecule has 31 nitrogen and oxygen atoms in total. The first-order valence-corrected chi connectivity index (χ1v) is 46.4. The summed E-state index contributed by atoms with van der Waals surface area (Å²) >= 11 is 0. The van der Waals surface area contributed by atoms with E-state index in [0.29, 0.717) is 137 Å². The number of nitrogens with one attached hydrogen (secondary N) is 10. The van der Waals surface area contributed by atoms with Crippen LogP contribution in [0.5, 0.6) is 0 Å². The molecule has 4 saturated heterocycles. The van der Waals surface area contributed by atoms with Crippen LogP contribution in [0.1, 0.15) is 151 Å². The highest BCUT2D eigenvalue weighted by molar-refractivity contribution is 6.05. The zero-order chi connectivity index (χ0) is 97.4. The van der Waals surface area contributed by atoms with Gasteiger partial charge in [-0.15, -0.1) is 37.2 Å². The Bertz CT molecular complexity index is 5480. The molecule has 139 heavy (non-hydrogen) atoms. The fraction of sp³-hybridized carbons (Fsp3) is 0.470. The lowest BCUT2D eigenvalue weighted by Crippen LogP contribution is -2.62. The van der Waals surface area contributed by atoms with Gasteiger partial charge >= 0.3 is 6.09 Å². The third-order valence-electron chi connectivity index (χ3n) is 26.2. The van der Waals surface area contributed by atoms with Crippen LogP contribution in [0.15, 0.2) is 146 Å². The molecule has 7 aromatic rings. The molecule has 7 heterocycles. The van der Waals surface area contributed by atoms with Crippen LogP contribution < -0.4 is 58.1 Å². The fourth-order valence-electron chi connectivity index (χ4n) is 18.3. The van der Waals surface area contributed by atoms with E-state index >= 15 is 8.78 Å². The molecular weight excluding hydrogens is 1870 g/mol. The number of rotatable bonds is 31. The third-order valence-corrected chi connectivity index (χ3v) is 26.2. The Balaban J connectivity index is 0.000000298. The number of para-hydroxylation sites is 2. The Kier molecular flexibility index (Phi) is 39.2. The molecule has 0 saturated carbocycles. The number of likely N-dealkylation sites (N-methyl/N-ethyl adjacent to an activating group) is 2. The van der Waals surface area contributed by atoms with E-state index in [1.165, 1.54) is 48.0 Å². The van der Waals surface area contributed by atoms with Crippen molar-refractivity contribution in [1.82, 2.24) is 56.4 Å². The molecule has 11 amide bonds. The van der Waals surface area contributed by atoms with E-state index in [1.807, 2.05) is 48.5 Å². The monoisotopic (exact) mass is 1990 g/mol. The zero-order valence-electron chi connectivity index (χ0n) is 79.6. The van der Waals surface area contributed by atoms with Crippen molar-refractivity contribution in [2.24, 2.45) is 11.8 Å². The SMILES string of the molecule is CNC(C)C(=O)NC(C(=O)N1Cc2ccc(NC(=O)CCNC(=O)C3(C)CN(C(=O)CN4C[C@@H](C)NC[C@@H]4CN4CCOCC4C)c4cc(Cc5ccc(F)cc5)ccc43)cc2C1C(=O)Nc1c(F)cccc1F)C1CCOCC1.C[C@@H](C(=O)N[C@H](C(=O)N1Cc2cc(NC(=O)CCNCc3ccccc3)ccc2[C@H]1C(=O)Nc1c(F)cccc1F)C1CCOCC1)N(C)C(=O)OC(C)(C)C.Cl.Cl.Cl. The minimum Gasteiger partial charge on any atom is -0.444 e.